The second-order valence-corrected chi connectivity index (χ2v) is 9.47. The second-order valence-electron chi connectivity index (χ2n) is 7.29. The number of fused-ring (bicyclic) bond motifs is 1. The molecule has 2 aromatic rings. The molecule has 2 aliphatic rings. The van der Waals surface area contributed by atoms with E-state index in [4.69, 9.17) is 9.47 Å². The highest BCUT2D eigenvalue weighted by Gasteiger charge is 2.29. The number of carbonyl (C=O) groups excluding carboxylic acids is 1. The molecule has 2 aliphatic heterocycles. The van der Waals surface area contributed by atoms with Gasteiger partial charge in [0, 0.05) is 37.9 Å². The molecule has 2 heterocycles. The molecule has 0 N–H and O–H groups in total. The predicted molar refractivity (Wildman–Crippen MR) is 115 cm³/mol. The topological polar surface area (TPSA) is 79.4 Å². The first-order valence-electron chi connectivity index (χ1n) is 10.1. The molecule has 31 heavy (non-hydrogen) atoms. The molecule has 0 bridgehead atoms. The Morgan fingerprint density at radius 1 is 1.03 bits per heavy atom. The van der Waals surface area contributed by atoms with Gasteiger partial charge < -0.3 is 19.3 Å². The van der Waals surface area contributed by atoms with E-state index in [0.717, 1.165) is 9.99 Å². The van der Waals surface area contributed by atoms with Crippen LogP contribution in [0.3, 0.4) is 0 Å². The van der Waals surface area contributed by atoms with Crippen molar-refractivity contribution in [3.63, 3.8) is 0 Å². The number of nitrogens with zero attached hydrogens (tertiary/aromatic N) is 3. The van der Waals surface area contributed by atoms with Gasteiger partial charge in [-0.1, -0.05) is 0 Å². The Morgan fingerprint density at radius 2 is 1.71 bits per heavy atom. The molecule has 0 unspecified atom stereocenters. The molecule has 10 heteroatoms. The van der Waals surface area contributed by atoms with Crippen LogP contribution >= 0.6 is 0 Å². The van der Waals surface area contributed by atoms with Gasteiger partial charge in [-0.25, -0.2) is 12.8 Å². The largest absolute Gasteiger partial charge is 0.454 e. The maximum Gasteiger partial charge on any atom is 0.243 e. The van der Waals surface area contributed by atoms with Crippen LogP contribution < -0.4 is 18.7 Å². The molecule has 0 radical (unpaired) electrons. The minimum absolute atomic E-state index is 0.0799. The Hall–Kier alpha value is -3.01. The predicted octanol–water partition coefficient (Wildman–Crippen LogP) is 2.06. The molecule has 1 saturated heterocycles. The van der Waals surface area contributed by atoms with E-state index in [1.807, 2.05) is 0 Å². The SMILES string of the molecule is CCS(=O)(=O)N(CC(=O)N1CCN(c2ccc(F)cc2)CC1)c1ccc2c(c1)OCO2. The smallest absolute Gasteiger partial charge is 0.243 e. The molecule has 0 aromatic heterocycles. The fraction of sp³-hybridized carbons (Fsp3) is 0.381. The third-order valence-corrected chi connectivity index (χ3v) is 7.19. The van der Waals surface area contributed by atoms with Crippen LogP contribution in [-0.4, -0.2) is 64.5 Å². The molecular formula is C21H24FN3O5S. The minimum atomic E-state index is -3.68. The van der Waals surface area contributed by atoms with Crippen molar-refractivity contribution >= 4 is 27.3 Å². The monoisotopic (exact) mass is 449 g/mol. The van der Waals surface area contributed by atoms with E-state index in [1.165, 1.54) is 12.1 Å². The number of carbonyl (C=O) groups is 1. The quantitative estimate of drug-likeness (QED) is 0.672. The summed E-state index contributed by atoms with van der Waals surface area (Å²) in [5.74, 6) is 0.300. The van der Waals surface area contributed by atoms with Gasteiger partial charge in [0.15, 0.2) is 11.5 Å². The van der Waals surface area contributed by atoms with Crippen molar-refractivity contribution in [2.24, 2.45) is 0 Å². The molecule has 0 atom stereocenters. The third-order valence-electron chi connectivity index (χ3n) is 5.45. The Labute approximate surface area is 180 Å². The Kier molecular flexibility index (Phi) is 5.90. The molecule has 0 aliphatic carbocycles. The molecule has 2 aromatic carbocycles. The number of piperazine rings is 1. The summed E-state index contributed by atoms with van der Waals surface area (Å²) in [5, 5.41) is 0. The van der Waals surface area contributed by atoms with E-state index in [2.05, 4.69) is 4.90 Å². The lowest BCUT2D eigenvalue weighted by Gasteiger charge is -2.37. The van der Waals surface area contributed by atoms with Crippen LogP contribution in [0.5, 0.6) is 11.5 Å². The highest BCUT2D eigenvalue weighted by molar-refractivity contribution is 7.92. The highest BCUT2D eigenvalue weighted by Crippen LogP contribution is 2.36. The summed E-state index contributed by atoms with van der Waals surface area (Å²) in [6.45, 7) is 3.42. The van der Waals surface area contributed by atoms with Crippen molar-refractivity contribution in [1.29, 1.82) is 0 Å². The lowest BCUT2D eigenvalue weighted by atomic mass is 10.2. The number of ether oxygens (including phenoxy) is 2. The number of benzene rings is 2. The third kappa shape index (κ3) is 4.53. The van der Waals surface area contributed by atoms with Crippen LogP contribution in [0.1, 0.15) is 6.92 Å². The lowest BCUT2D eigenvalue weighted by molar-refractivity contribution is -0.129. The van der Waals surface area contributed by atoms with E-state index in [9.17, 15) is 17.6 Å². The van der Waals surface area contributed by atoms with Crippen LogP contribution in [0.2, 0.25) is 0 Å². The number of hydrogen-bond donors (Lipinski definition) is 0. The summed E-state index contributed by atoms with van der Waals surface area (Å²) in [6.07, 6.45) is 0. The van der Waals surface area contributed by atoms with E-state index in [0.29, 0.717) is 43.4 Å². The van der Waals surface area contributed by atoms with E-state index < -0.39 is 10.0 Å². The minimum Gasteiger partial charge on any atom is -0.454 e. The van der Waals surface area contributed by atoms with Crippen molar-refractivity contribution < 1.29 is 27.1 Å². The van der Waals surface area contributed by atoms with Crippen molar-refractivity contribution in [3.05, 3.63) is 48.3 Å². The van der Waals surface area contributed by atoms with Gasteiger partial charge in [0.25, 0.3) is 0 Å². The summed E-state index contributed by atoms with van der Waals surface area (Å²) < 4.78 is 50.4. The van der Waals surface area contributed by atoms with Crippen LogP contribution in [0, 0.1) is 5.82 Å². The summed E-state index contributed by atoms with van der Waals surface area (Å²) in [6, 6.07) is 11.1. The average molecular weight is 450 g/mol. The zero-order valence-corrected chi connectivity index (χ0v) is 18.0. The molecular weight excluding hydrogens is 425 g/mol. The average Bonchev–Trinajstić information content (AvgIpc) is 3.26. The van der Waals surface area contributed by atoms with Gasteiger partial charge in [0.1, 0.15) is 12.4 Å². The van der Waals surface area contributed by atoms with Gasteiger partial charge in [0.05, 0.1) is 11.4 Å². The van der Waals surface area contributed by atoms with Crippen molar-refractivity contribution in [2.45, 2.75) is 6.92 Å². The maximum absolute atomic E-state index is 13.1. The Morgan fingerprint density at radius 3 is 2.39 bits per heavy atom. The molecule has 0 saturated carbocycles. The fourth-order valence-corrected chi connectivity index (χ4v) is 4.69. The van der Waals surface area contributed by atoms with Crippen LogP contribution in [-0.2, 0) is 14.8 Å². The van der Waals surface area contributed by atoms with Crippen molar-refractivity contribution in [3.8, 4) is 11.5 Å². The van der Waals surface area contributed by atoms with E-state index in [1.54, 1.807) is 42.2 Å². The molecule has 1 amide bonds. The summed E-state index contributed by atoms with van der Waals surface area (Å²) in [7, 11) is -3.68. The zero-order valence-electron chi connectivity index (χ0n) is 17.2. The van der Waals surface area contributed by atoms with Crippen molar-refractivity contribution in [2.75, 3.05) is 54.5 Å². The Bertz CT molecular complexity index is 1050. The fourth-order valence-electron chi connectivity index (χ4n) is 3.64. The molecule has 8 nitrogen and oxygen atoms in total. The molecule has 0 spiro atoms. The van der Waals surface area contributed by atoms with Crippen LogP contribution in [0.4, 0.5) is 15.8 Å². The van der Waals surface area contributed by atoms with Gasteiger partial charge in [-0.15, -0.1) is 0 Å². The van der Waals surface area contributed by atoms with E-state index >= 15 is 0 Å². The summed E-state index contributed by atoms with van der Waals surface area (Å²) in [4.78, 5) is 16.7. The number of halogens is 1. The molecule has 1 fully saturated rings. The van der Waals surface area contributed by atoms with E-state index in [-0.39, 0.29) is 30.8 Å². The summed E-state index contributed by atoms with van der Waals surface area (Å²) in [5.41, 5.74) is 1.26. The zero-order chi connectivity index (χ0) is 22.0. The van der Waals surface area contributed by atoms with Crippen LogP contribution in [0.15, 0.2) is 42.5 Å². The number of anilines is 2. The Balaban J connectivity index is 1.45. The first-order chi connectivity index (χ1) is 14.9. The van der Waals surface area contributed by atoms with Crippen molar-refractivity contribution in [1.82, 2.24) is 4.90 Å². The molecule has 166 valence electrons. The van der Waals surface area contributed by atoms with Crippen LogP contribution in [0.25, 0.3) is 0 Å². The number of rotatable bonds is 6. The summed E-state index contributed by atoms with van der Waals surface area (Å²) >= 11 is 0. The maximum atomic E-state index is 13.1. The molecule has 4 rings (SSSR count). The van der Waals surface area contributed by atoms with Gasteiger partial charge in [0.2, 0.25) is 22.7 Å². The van der Waals surface area contributed by atoms with Gasteiger partial charge in [-0.05, 0) is 43.3 Å². The first kappa shape index (κ1) is 21.2. The first-order valence-corrected chi connectivity index (χ1v) is 11.7. The van der Waals surface area contributed by atoms with Gasteiger partial charge >= 0.3 is 0 Å². The normalized spacial score (nSPS) is 15.8. The number of sulfonamides is 1. The second kappa shape index (κ2) is 8.62. The lowest BCUT2D eigenvalue weighted by Crippen LogP contribution is -2.52. The van der Waals surface area contributed by atoms with Gasteiger partial charge in [-0.2, -0.15) is 0 Å². The standard InChI is InChI=1S/C21H24FN3O5S/c1-2-31(27,28)25(18-7-8-19-20(13-18)30-15-29-19)14-21(26)24-11-9-23(10-12-24)17-5-3-16(22)4-6-17/h3-8,13H,2,9-12,14-15H2,1H3. The van der Waals surface area contributed by atoms with Gasteiger partial charge in [-0.3, -0.25) is 9.10 Å². The highest BCUT2D eigenvalue weighted by atomic mass is 32.2. The number of hydrogen-bond acceptors (Lipinski definition) is 6. The number of amides is 1.